The number of rotatable bonds is 3. The van der Waals surface area contributed by atoms with Crippen LogP contribution >= 0.6 is 12.4 Å². The van der Waals surface area contributed by atoms with Gasteiger partial charge in [-0.15, -0.1) is 12.4 Å². The van der Waals surface area contributed by atoms with Crippen LogP contribution in [-0.2, 0) is 4.79 Å². The van der Waals surface area contributed by atoms with E-state index < -0.39 is 12.0 Å². The molecule has 2 unspecified atom stereocenters. The molecule has 0 aromatic carbocycles. The zero-order valence-corrected chi connectivity index (χ0v) is 9.43. The second kappa shape index (κ2) is 6.25. The van der Waals surface area contributed by atoms with Crippen LogP contribution in [0.4, 0.5) is 0 Å². The molecule has 3 nitrogen and oxygen atoms in total. The van der Waals surface area contributed by atoms with Crippen LogP contribution in [0.1, 0.15) is 39.0 Å². The summed E-state index contributed by atoms with van der Waals surface area (Å²) in [6.45, 7) is 1.97. The van der Waals surface area contributed by atoms with Gasteiger partial charge in [0, 0.05) is 0 Å². The molecule has 14 heavy (non-hydrogen) atoms. The maximum Gasteiger partial charge on any atom is 0.320 e. The molecule has 1 fully saturated rings. The Balaban J connectivity index is 0.00000169. The van der Waals surface area contributed by atoms with E-state index in [0.29, 0.717) is 5.92 Å². The standard InChI is InChI=1S/C10H19NO2.ClH/c1-7(9(11)10(12)13)8-5-3-2-4-6-8;/h7-9H,2-6,11H2,1H3,(H,12,13);1H. The molecule has 0 aromatic heterocycles. The second-order valence-corrected chi connectivity index (χ2v) is 4.12. The fraction of sp³-hybridized carbons (Fsp3) is 0.900. The molecule has 3 N–H and O–H groups in total. The Morgan fingerprint density at radius 1 is 1.36 bits per heavy atom. The highest BCUT2D eigenvalue weighted by atomic mass is 35.5. The summed E-state index contributed by atoms with van der Waals surface area (Å²) in [4.78, 5) is 10.7. The number of nitrogens with two attached hydrogens (primary N) is 1. The average molecular weight is 222 g/mol. The number of carboxylic acids is 1. The lowest BCUT2D eigenvalue weighted by Gasteiger charge is -2.29. The Hall–Kier alpha value is -0.280. The number of carbonyl (C=O) groups is 1. The van der Waals surface area contributed by atoms with Gasteiger partial charge in [0.1, 0.15) is 6.04 Å². The fourth-order valence-electron chi connectivity index (χ4n) is 2.18. The van der Waals surface area contributed by atoms with Gasteiger partial charge in [-0.25, -0.2) is 0 Å². The third kappa shape index (κ3) is 3.46. The van der Waals surface area contributed by atoms with Crippen molar-refractivity contribution in [2.24, 2.45) is 17.6 Å². The molecule has 4 heteroatoms. The Kier molecular flexibility index (Phi) is 6.12. The van der Waals surface area contributed by atoms with E-state index in [9.17, 15) is 4.79 Å². The van der Waals surface area contributed by atoms with Gasteiger partial charge in [-0.3, -0.25) is 4.79 Å². The van der Waals surface area contributed by atoms with Gasteiger partial charge in [0.05, 0.1) is 0 Å². The number of aliphatic carboxylic acids is 1. The van der Waals surface area contributed by atoms with Crippen molar-refractivity contribution in [3.63, 3.8) is 0 Å². The first-order valence-corrected chi connectivity index (χ1v) is 5.11. The van der Waals surface area contributed by atoms with Crippen molar-refractivity contribution in [3.05, 3.63) is 0 Å². The lowest BCUT2D eigenvalue weighted by Crippen LogP contribution is -2.40. The van der Waals surface area contributed by atoms with Gasteiger partial charge in [-0.1, -0.05) is 39.0 Å². The molecule has 0 aliphatic heterocycles. The van der Waals surface area contributed by atoms with Crippen LogP contribution in [0.2, 0.25) is 0 Å². The maximum absolute atomic E-state index is 10.7. The molecule has 0 heterocycles. The first-order chi connectivity index (χ1) is 6.13. The highest BCUT2D eigenvalue weighted by molar-refractivity contribution is 5.85. The van der Waals surface area contributed by atoms with Crippen LogP contribution in [-0.4, -0.2) is 17.1 Å². The van der Waals surface area contributed by atoms with E-state index >= 15 is 0 Å². The van der Waals surface area contributed by atoms with Gasteiger partial charge in [-0.2, -0.15) is 0 Å². The van der Waals surface area contributed by atoms with Crippen LogP contribution in [0.3, 0.4) is 0 Å². The first-order valence-electron chi connectivity index (χ1n) is 5.11. The number of hydrogen-bond acceptors (Lipinski definition) is 2. The van der Waals surface area contributed by atoms with Crippen molar-refractivity contribution < 1.29 is 9.90 Å². The monoisotopic (exact) mass is 221 g/mol. The largest absolute Gasteiger partial charge is 0.480 e. The number of halogens is 1. The molecule has 1 aliphatic carbocycles. The summed E-state index contributed by atoms with van der Waals surface area (Å²) in [5, 5.41) is 8.76. The molecule has 0 spiro atoms. The Labute approximate surface area is 91.5 Å². The smallest absolute Gasteiger partial charge is 0.320 e. The lowest BCUT2D eigenvalue weighted by molar-refractivity contribution is -0.140. The molecule has 1 rings (SSSR count). The summed E-state index contributed by atoms with van der Waals surface area (Å²) in [5.74, 6) is -0.212. The van der Waals surface area contributed by atoms with Crippen LogP contribution in [0.25, 0.3) is 0 Å². The molecule has 0 aromatic rings. The van der Waals surface area contributed by atoms with Crippen molar-refractivity contribution in [3.8, 4) is 0 Å². The topological polar surface area (TPSA) is 63.3 Å². The highest BCUT2D eigenvalue weighted by Gasteiger charge is 2.28. The van der Waals surface area contributed by atoms with Crippen LogP contribution < -0.4 is 5.73 Å². The molecule has 84 valence electrons. The predicted molar refractivity (Wildman–Crippen MR) is 58.6 cm³/mol. The minimum absolute atomic E-state index is 0. The highest BCUT2D eigenvalue weighted by Crippen LogP contribution is 2.30. The summed E-state index contributed by atoms with van der Waals surface area (Å²) in [7, 11) is 0. The van der Waals surface area contributed by atoms with E-state index in [1.165, 1.54) is 19.3 Å². The summed E-state index contributed by atoms with van der Waals surface area (Å²) in [5.41, 5.74) is 5.59. The summed E-state index contributed by atoms with van der Waals surface area (Å²) in [6.07, 6.45) is 6.08. The third-order valence-electron chi connectivity index (χ3n) is 3.25. The molecular formula is C10H20ClNO2. The first kappa shape index (κ1) is 13.7. The zero-order chi connectivity index (χ0) is 9.84. The minimum Gasteiger partial charge on any atom is -0.480 e. The zero-order valence-electron chi connectivity index (χ0n) is 8.61. The molecule has 0 radical (unpaired) electrons. The van der Waals surface area contributed by atoms with Crippen LogP contribution in [0, 0.1) is 11.8 Å². The van der Waals surface area contributed by atoms with E-state index in [-0.39, 0.29) is 18.3 Å². The summed E-state index contributed by atoms with van der Waals surface area (Å²) >= 11 is 0. The lowest BCUT2D eigenvalue weighted by atomic mass is 9.78. The molecule has 0 amide bonds. The second-order valence-electron chi connectivity index (χ2n) is 4.12. The maximum atomic E-state index is 10.7. The molecule has 2 atom stereocenters. The van der Waals surface area contributed by atoms with E-state index in [0.717, 1.165) is 12.8 Å². The summed E-state index contributed by atoms with van der Waals surface area (Å²) in [6, 6.07) is -0.678. The Morgan fingerprint density at radius 2 is 1.86 bits per heavy atom. The van der Waals surface area contributed by atoms with Crippen molar-refractivity contribution in [1.82, 2.24) is 0 Å². The van der Waals surface area contributed by atoms with Gasteiger partial charge >= 0.3 is 5.97 Å². The summed E-state index contributed by atoms with van der Waals surface area (Å²) < 4.78 is 0. The molecule has 1 aliphatic rings. The van der Waals surface area contributed by atoms with Crippen molar-refractivity contribution in [2.45, 2.75) is 45.1 Å². The quantitative estimate of drug-likeness (QED) is 0.767. The SMILES string of the molecule is CC(C1CCCCC1)C(N)C(=O)O.Cl. The van der Waals surface area contributed by atoms with E-state index in [1.54, 1.807) is 0 Å². The van der Waals surface area contributed by atoms with Gasteiger partial charge in [0.25, 0.3) is 0 Å². The Morgan fingerprint density at radius 3 is 2.29 bits per heavy atom. The van der Waals surface area contributed by atoms with Crippen molar-refractivity contribution in [2.75, 3.05) is 0 Å². The molecule has 0 saturated heterocycles. The van der Waals surface area contributed by atoms with Crippen LogP contribution in [0.5, 0.6) is 0 Å². The molecular weight excluding hydrogens is 202 g/mol. The van der Waals surface area contributed by atoms with E-state index in [2.05, 4.69) is 0 Å². The number of carboxylic acid groups (broad SMARTS) is 1. The van der Waals surface area contributed by atoms with Crippen molar-refractivity contribution >= 4 is 18.4 Å². The third-order valence-corrected chi connectivity index (χ3v) is 3.25. The Bertz CT molecular complexity index is 181. The van der Waals surface area contributed by atoms with Gasteiger partial charge in [0.2, 0.25) is 0 Å². The van der Waals surface area contributed by atoms with E-state index in [1.807, 2.05) is 6.92 Å². The van der Waals surface area contributed by atoms with Gasteiger partial charge < -0.3 is 10.8 Å². The predicted octanol–water partition coefficient (Wildman–Crippen LogP) is 2.04. The molecule has 0 bridgehead atoms. The minimum atomic E-state index is -0.863. The average Bonchev–Trinajstić information content (AvgIpc) is 2.17. The fourth-order valence-corrected chi connectivity index (χ4v) is 2.18. The van der Waals surface area contributed by atoms with Crippen molar-refractivity contribution in [1.29, 1.82) is 0 Å². The van der Waals surface area contributed by atoms with E-state index in [4.69, 9.17) is 10.8 Å². The number of hydrogen-bond donors (Lipinski definition) is 2. The van der Waals surface area contributed by atoms with Gasteiger partial charge in [0.15, 0.2) is 0 Å². The molecule has 1 saturated carbocycles. The van der Waals surface area contributed by atoms with Crippen LogP contribution in [0.15, 0.2) is 0 Å². The normalized spacial score (nSPS) is 22.1. The van der Waals surface area contributed by atoms with Gasteiger partial charge in [-0.05, 0) is 11.8 Å².